The van der Waals surface area contributed by atoms with Crippen molar-refractivity contribution in [1.82, 2.24) is 4.90 Å². The van der Waals surface area contributed by atoms with Gasteiger partial charge in [-0.3, -0.25) is 9.69 Å². The molecule has 0 bridgehead atoms. The van der Waals surface area contributed by atoms with Gasteiger partial charge in [-0.2, -0.15) is 0 Å². The number of carbonyl (C=O) groups is 4. The second-order valence-electron chi connectivity index (χ2n) is 13.0. The number of esters is 2. The van der Waals surface area contributed by atoms with Crippen LogP contribution in [0.25, 0.3) is 0 Å². The number of nitrogens with zero attached hydrogens (tertiary/aromatic N) is 1. The molecule has 5 rings (SSSR count). The molecular weight excluding hydrogens is 638 g/mol. The Balaban J connectivity index is 0.000000453. The average molecular weight is 682 g/mol. The van der Waals surface area contributed by atoms with Crippen molar-refractivity contribution in [2.75, 3.05) is 34.1 Å². The number of aliphatic carboxylic acids is 2. The van der Waals surface area contributed by atoms with Gasteiger partial charge < -0.3 is 54.3 Å². The molecule has 16 heteroatoms. The Hall–Kier alpha value is -3.96. The van der Waals surface area contributed by atoms with Gasteiger partial charge in [-0.25, -0.2) is 14.4 Å². The fraction of sp³-hybridized carbons (Fsp3) is 0.625. The van der Waals surface area contributed by atoms with E-state index in [0.717, 1.165) is 43.5 Å². The lowest BCUT2D eigenvalue weighted by molar-refractivity contribution is -0.179. The Bertz CT molecular complexity index is 1420. The first-order chi connectivity index (χ1) is 22.5. The van der Waals surface area contributed by atoms with Crippen molar-refractivity contribution < 1.29 is 73.5 Å². The lowest BCUT2D eigenvalue weighted by Gasteiger charge is -2.39. The first-order valence-electron chi connectivity index (χ1n) is 15.4. The molecular formula is C32H43NO15. The maximum Gasteiger partial charge on any atom is 0.339 e. The molecule has 48 heavy (non-hydrogen) atoms. The summed E-state index contributed by atoms with van der Waals surface area (Å²) >= 11 is 0. The number of aliphatic hydroxyl groups is 4. The first kappa shape index (κ1) is 36.9. The summed E-state index contributed by atoms with van der Waals surface area (Å²) in [4.78, 5) is 47.9. The van der Waals surface area contributed by atoms with E-state index in [1.165, 1.54) is 7.11 Å². The van der Waals surface area contributed by atoms with Crippen molar-refractivity contribution in [3.8, 4) is 11.5 Å². The second-order valence-corrected chi connectivity index (χ2v) is 13.0. The van der Waals surface area contributed by atoms with Crippen LogP contribution < -0.4 is 9.47 Å². The largest absolute Gasteiger partial charge is 0.497 e. The Morgan fingerprint density at radius 2 is 1.62 bits per heavy atom. The van der Waals surface area contributed by atoms with Gasteiger partial charge in [0.25, 0.3) is 0 Å². The van der Waals surface area contributed by atoms with Crippen LogP contribution in [0.2, 0.25) is 0 Å². The number of benzene rings is 1. The topological polar surface area (TPSA) is 239 Å². The van der Waals surface area contributed by atoms with E-state index < -0.39 is 65.4 Å². The van der Waals surface area contributed by atoms with Crippen LogP contribution >= 0.6 is 0 Å². The molecule has 16 nitrogen and oxygen atoms in total. The number of carboxylic acids is 2. The van der Waals surface area contributed by atoms with Gasteiger partial charge in [0.15, 0.2) is 35.4 Å². The number of hydrogen-bond donors (Lipinski definition) is 6. The second kappa shape index (κ2) is 14.3. The van der Waals surface area contributed by atoms with E-state index >= 15 is 0 Å². The molecule has 3 aliphatic heterocycles. The summed E-state index contributed by atoms with van der Waals surface area (Å²) in [6.45, 7) is 5.04. The number of methoxy groups -OCH3 is 2. The molecule has 0 amide bonds. The number of fused-ring (bicyclic) bond motifs is 3. The predicted octanol–water partition coefficient (Wildman–Crippen LogP) is 0.0680. The monoisotopic (exact) mass is 681 g/mol. The SMILES string of the molecule is COC(=O)C[C@](O)(CCC(C)(C)O)C(=O)O[C@@H]1C(OC)=C[C@]23CCCN2CCc2cc4c(cc2[C@H]13)OCO4.O=C(O)C(O)C(O)C(=O)O. The number of hydrogen-bond acceptors (Lipinski definition) is 14. The number of carboxylic acid groups (broad SMARTS) is 2. The quantitative estimate of drug-likeness (QED) is 0.169. The summed E-state index contributed by atoms with van der Waals surface area (Å²) in [5.74, 6) is -3.70. The maximum atomic E-state index is 13.7. The molecule has 1 fully saturated rings. The highest BCUT2D eigenvalue weighted by Gasteiger charge is 2.59. The summed E-state index contributed by atoms with van der Waals surface area (Å²) in [7, 11) is 2.74. The van der Waals surface area contributed by atoms with Crippen LogP contribution in [0.1, 0.15) is 63.0 Å². The summed E-state index contributed by atoms with van der Waals surface area (Å²) in [6, 6.07) is 3.99. The fourth-order valence-corrected chi connectivity index (χ4v) is 6.68. The first-order valence-corrected chi connectivity index (χ1v) is 15.4. The molecule has 1 saturated heterocycles. The fourth-order valence-electron chi connectivity index (χ4n) is 6.68. The van der Waals surface area contributed by atoms with E-state index in [-0.39, 0.29) is 25.6 Å². The minimum atomic E-state index is -2.27. The van der Waals surface area contributed by atoms with Crippen molar-refractivity contribution >= 4 is 23.9 Å². The maximum absolute atomic E-state index is 13.7. The minimum Gasteiger partial charge on any atom is -0.497 e. The van der Waals surface area contributed by atoms with E-state index in [9.17, 15) is 29.4 Å². The average Bonchev–Trinajstić information content (AvgIpc) is 3.72. The molecule has 6 N–H and O–H groups in total. The number of carbonyl (C=O) groups excluding carboxylic acids is 2. The summed E-state index contributed by atoms with van der Waals surface area (Å²) in [6.07, 6.45) is -1.35. The molecule has 266 valence electrons. The van der Waals surface area contributed by atoms with Crippen molar-refractivity contribution in [3.05, 3.63) is 35.1 Å². The van der Waals surface area contributed by atoms with E-state index in [4.69, 9.17) is 44.1 Å². The van der Waals surface area contributed by atoms with Crippen LogP contribution in [-0.4, -0.2) is 129 Å². The van der Waals surface area contributed by atoms with Crippen molar-refractivity contribution in [2.45, 2.75) is 93.3 Å². The molecule has 6 atom stereocenters. The Morgan fingerprint density at radius 3 is 2.19 bits per heavy atom. The standard InChI is InChI=1S/C28H37NO9.C4H6O6/c1-26(2,32)8-9-28(33,15-22(30)35-4)25(31)38-24-21(34-3)14-27-7-5-10-29(27)11-6-17-12-19-20(37-16-36-19)13-18(17)23(24)27;5-1(3(7)8)2(6)4(9)10/h12-14,23-24,32-33H,5-11,15-16H2,1-4H3;1-2,5-6H,(H,7,8)(H,9,10)/t23-,24-,27+,28-;/m1./s1. The summed E-state index contributed by atoms with van der Waals surface area (Å²) in [5, 5.41) is 54.2. The molecule has 2 unspecified atom stereocenters. The Labute approximate surface area is 276 Å². The Morgan fingerprint density at radius 1 is 1.00 bits per heavy atom. The van der Waals surface area contributed by atoms with E-state index in [1.807, 2.05) is 12.1 Å². The zero-order chi connectivity index (χ0) is 35.6. The molecule has 1 spiro atoms. The van der Waals surface area contributed by atoms with Gasteiger partial charge in [-0.1, -0.05) is 0 Å². The smallest absolute Gasteiger partial charge is 0.339 e. The predicted molar refractivity (Wildman–Crippen MR) is 162 cm³/mol. The minimum absolute atomic E-state index is 0.0701. The van der Waals surface area contributed by atoms with E-state index in [2.05, 4.69) is 11.0 Å². The molecule has 0 aromatic heterocycles. The third kappa shape index (κ3) is 7.52. The Kier molecular flexibility index (Phi) is 11.0. The third-order valence-electron chi connectivity index (χ3n) is 9.20. The van der Waals surface area contributed by atoms with Gasteiger partial charge in [-0.15, -0.1) is 0 Å². The van der Waals surface area contributed by atoms with Crippen LogP contribution in [0.4, 0.5) is 0 Å². The van der Waals surface area contributed by atoms with Gasteiger partial charge in [0, 0.05) is 6.54 Å². The molecule has 4 aliphatic rings. The van der Waals surface area contributed by atoms with Crippen LogP contribution in [0.15, 0.2) is 24.0 Å². The van der Waals surface area contributed by atoms with Gasteiger partial charge in [-0.05, 0) is 81.8 Å². The lowest BCUT2D eigenvalue weighted by Crippen LogP contribution is -2.49. The molecule has 1 aromatic rings. The normalized spacial score (nSPS) is 25.0. The van der Waals surface area contributed by atoms with Crippen LogP contribution in [0.5, 0.6) is 11.5 Å². The number of rotatable bonds is 11. The van der Waals surface area contributed by atoms with Crippen LogP contribution in [0, 0.1) is 0 Å². The zero-order valence-electron chi connectivity index (χ0n) is 27.2. The van der Waals surface area contributed by atoms with E-state index in [1.54, 1.807) is 21.0 Å². The summed E-state index contributed by atoms with van der Waals surface area (Å²) in [5.41, 5.74) is -1.69. The summed E-state index contributed by atoms with van der Waals surface area (Å²) < 4.78 is 28.0. The molecule has 0 saturated carbocycles. The van der Waals surface area contributed by atoms with Crippen LogP contribution in [0.3, 0.4) is 0 Å². The molecule has 1 aromatic carbocycles. The lowest BCUT2D eigenvalue weighted by atomic mass is 9.77. The van der Waals surface area contributed by atoms with Crippen molar-refractivity contribution in [2.24, 2.45) is 0 Å². The highest BCUT2D eigenvalue weighted by Crippen LogP contribution is 2.55. The number of aliphatic hydroxyl groups excluding tert-OH is 2. The molecule has 0 radical (unpaired) electrons. The van der Waals surface area contributed by atoms with Crippen molar-refractivity contribution in [1.29, 1.82) is 0 Å². The molecule has 1 aliphatic carbocycles. The van der Waals surface area contributed by atoms with Crippen LogP contribution in [-0.2, 0) is 39.8 Å². The van der Waals surface area contributed by atoms with Gasteiger partial charge in [0.2, 0.25) is 6.79 Å². The molecule has 3 heterocycles. The number of ether oxygens (including phenoxy) is 5. The van der Waals surface area contributed by atoms with E-state index in [0.29, 0.717) is 17.3 Å². The van der Waals surface area contributed by atoms with Crippen molar-refractivity contribution in [3.63, 3.8) is 0 Å². The third-order valence-corrected chi connectivity index (χ3v) is 9.20. The highest BCUT2D eigenvalue weighted by molar-refractivity contribution is 5.86. The van der Waals surface area contributed by atoms with Gasteiger partial charge in [0.1, 0.15) is 5.76 Å². The highest BCUT2D eigenvalue weighted by atomic mass is 16.7. The van der Waals surface area contributed by atoms with Gasteiger partial charge in [0.05, 0.1) is 37.7 Å². The zero-order valence-corrected chi connectivity index (χ0v) is 27.2. The van der Waals surface area contributed by atoms with Gasteiger partial charge >= 0.3 is 23.9 Å².